The van der Waals surface area contributed by atoms with Crippen LogP contribution >= 0.6 is 35.3 Å². The van der Waals surface area contributed by atoms with Crippen molar-refractivity contribution >= 4 is 41.3 Å². The Balaban J connectivity index is 0.00000261. The fourth-order valence-electron chi connectivity index (χ4n) is 2.97. The fraction of sp³-hybridized carbons (Fsp3) is 0.474. The molecule has 1 aromatic carbocycles. The molecule has 0 amide bonds. The van der Waals surface area contributed by atoms with Crippen molar-refractivity contribution < 1.29 is 9.47 Å². The third kappa shape index (κ3) is 5.71. The summed E-state index contributed by atoms with van der Waals surface area (Å²) in [5.74, 6) is 2.61. The molecule has 8 heteroatoms. The third-order valence-electron chi connectivity index (χ3n) is 4.15. The number of ether oxygens (including phenoxy) is 2. The standard InChI is InChI=1S/C19H26N4O2S.HI/c1-5-24-17-7-14-6-12(2)25-18(14)8-15(17)9-22-19(20-4)23-11-16-10-21-13(3)26-16;/h7-8,10,12H,5-6,9,11H2,1-4H3,(H2,20,22,23);1H. The van der Waals surface area contributed by atoms with Crippen LogP contribution in [0.4, 0.5) is 0 Å². The Morgan fingerprint density at radius 3 is 2.81 bits per heavy atom. The number of hydrogen-bond acceptors (Lipinski definition) is 5. The fourth-order valence-corrected chi connectivity index (χ4v) is 3.70. The Morgan fingerprint density at radius 2 is 2.15 bits per heavy atom. The van der Waals surface area contributed by atoms with Crippen LogP contribution in [0.25, 0.3) is 0 Å². The summed E-state index contributed by atoms with van der Waals surface area (Å²) in [6, 6.07) is 4.19. The molecule has 1 aromatic heterocycles. The zero-order valence-electron chi connectivity index (χ0n) is 16.2. The van der Waals surface area contributed by atoms with Gasteiger partial charge in [0.2, 0.25) is 0 Å². The molecule has 0 bridgehead atoms. The van der Waals surface area contributed by atoms with Gasteiger partial charge in [-0.05, 0) is 32.9 Å². The summed E-state index contributed by atoms with van der Waals surface area (Å²) < 4.78 is 11.7. The highest BCUT2D eigenvalue weighted by Crippen LogP contribution is 2.35. The zero-order valence-corrected chi connectivity index (χ0v) is 19.3. The zero-order chi connectivity index (χ0) is 18.5. The molecule has 3 rings (SSSR count). The van der Waals surface area contributed by atoms with Gasteiger partial charge >= 0.3 is 0 Å². The molecule has 1 aliphatic rings. The second-order valence-corrected chi connectivity index (χ2v) is 7.58. The molecule has 0 radical (unpaired) electrons. The number of fused-ring (bicyclic) bond motifs is 1. The molecule has 1 unspecified atom stereocenters. The van der Waals surface area contributed by atoms with Crippen LogP contribution in [0, 0.1) is 6.92 Å². The van der Waals surface area contributed by atoms with Crippen LogP contribution in [0.5, 0.6) is 11.5 Å². The number of nitrogens with zero attached hydrogens (tertiary/aromatic N) is 2. The van der Waals surface area contributed by atoms with Gasteiger partial charge in [-0.1, -0.05) is 0 Å². The van der Waals surface area contributed by atoms with Gasteiger partial charge in [0, 0.05) is 42.2 Å². The van der Waals surface area contributed by atoms with Crippen LogP contribution in [0.15, 0.2) is 23.3 Å². The van der Waals surface area contributed by atoms with Crippen LogP contribution in [0.3, 0.4) is 0 Å². The Kier molecular flexibility index (Phi) is 8.15. The first-order chi connectivity index (χ1) is 12.6. The quantitative estimate of drug-likeness (QED) is 0.359. The molecule has 0 aliphatic carbocycles. The largest absolute Gasteiger partial charge is 0.494 e. The molecule has 1 atom stereocenters. The van der Waals surface area contributed by atoms with Gasteiger partial charge in [0.25, 0.3) is 0 Å². The summed E-state index contributed by atoms with van der Waals surface area (Å²) in [5.41, 5.74) is 2.28. The average molecular weight is 502 g/mol. The normalized spacial score (nSPS) is 15.6. The highest BCUT2D eigenvalue weighted by atomic mass is 127. The highest BCUT2D eigenvalue weighted by molar-refractivity contribution is 14.0. The Labute approximate surface area is 181 Å². The summed E-state index contributed by atoms with van der Waals surface area (Å²) in [6.45, 7) is 8.05. The first-order valence-corrected chi connectivity index (χ1v) is 9.71. The molecule has 2 aromatic rings. The topological polar surface area (TPSA) is 67.8 Å². The SMILES string of the molecule is CCOc1cc2c(cc1CNC(=NC)NCc1cnc(C)s1)OC(C)C2.I. The lowest BCUT2D eigenvalue weighted by Crippen LogP contribution is -2.36. The molecule has 0 saturated heterocycles. The van der Waals surface area contributed by atoms with E-state index in [1.54, 1.807) is 18.4 Å². The van der Waals surface area contributed by atoms with Crippen molar-refractivity contribution in [1.82, 2.24) is 15.6 Å². The van der Waals surface area contributed by atoms with E-state index in [0.717, 1.165) is 34.5 Å². The van der Waals surface area contributed by atoms with Gasteiger partial charge in [-0.25, -0.2) is 4.98 Å². The van der Waals surface area contributed by atoms with Crippen molar-refractivity contribution in [2.45, 2.75) is 46.4 Å². The van der Waals surface area contributed by atoms with Crippen LogP contribution in [0.2, 0.25) is 0 Å². The predicted molar refractivity (Wildman–Crippen MR) is 121 cm³/mol. The van der Waals surface area contributed by atoms with Crippen LogP contribution in [0.1, 0.15) is 34.9 Å². The van der Waals surface area contributed by atoms with Gasteiger partial charge in [-0.15, -0.1) is 35.3 Å². The lowest BCUT2D eigenvalue weighted by atomic mass is 10.1. The third-order valence-corrected chi connectivity index (χ3v) is 5.06. The first-order valence-electron chi connectivity index (χ1n) is 8.90. The first kappa shape index (κ1) is 21.7. The molecule has 0 fully saturated rings. The van der Waals surface area contributed by atoms with Gasteiger partial charge in [0.05, 0.1) is 18.2 Å². The van der Waals surface area contributed by atoms with Gasteiger partial charge in [-0.3, -0.25) is 4.99 Å². The Bertz CT molecular complexity index is 794. The molecule has 0 spiro atoms. The number of aliphatic imine (C=N–C) groups is 1. The smallest absolute Gasteiger partial charge is 0.191 e. The van der Waals surface area contributed by atoms with E-state index in [4.69, 9.17) is 9.47 Å². The lowest BCUT2D eigenvalue weighted by molar-refractivity contribution is 0.254. The Hall–Kier alpha value is -1.55. The molecule has 148 valence electrons. The van der Waals surface area contributed by atoms with Crippen molar-refractivity contribution in [2.75, 3.05) is 13.7 Å². The second kappa shape index (κ2) is 10.1. The maximum Gasteiger partial charge on any atom is 0.191 e. The van der Waals surface area contributed by atoms with E-state index < -0.39 is 0 Å². The molecular formula is C19H27IN4O2S. The van der Waals surface area contributed by atoms with Gasteiger partial charge in [0.1, 0.15) is 17.6 Å². The second-order valence-electron chi connectivity index (χ2n) is 6.26. The lowest BCUT2D eigenvalue weighted by Gasteiger charge is -2.15. The average Bonchev–Trinajstić information content (AvgIpc) is 3.19. The summed E-state index contributed by atoms with van der Waals surface area (Å²) in [5, 5.41) is 7.74. The van der Waals surface area contributed by atoms with E-state index in [9.17, 15) is 0 Å². The van der Waals surface area contributed by atoms with Crippen molar-refractivity contribution in [1.29, 1.82) is 0 Å². The van der Waals surface area contributed by atoms with Gasteiger partial charge < -0.3 is 20.1 Å². The number of rotatable bonds is 6. The molecule has 6 nitrogen and oxygen atoms in total. The van der Waals surface area contributed by atoms with Crippen molar-refractivity contribution in [3.8, 4) is 11.5 Å². The minimum Gasteiger partial charge on any atom is -0.494 e. The minimum atomic E-state index is 0. The maximum absolute atomic E-state index is 5.89. The maximum atomic E-state index is 5.89. The monoisotopic (exact) mass is 502 g/mol. The number of aryl methyl sites for hydroxylation is 1. The predicted octanol–water partition coefficient (Wildman–Crippen LogP) is 3.66. The summed E-state index contributed by atoms with van der Waals surface area (Å²) in [4.78, 5) is 9.75. The summed E-state index contributed by atoms with van der Waals surface area (Å²) in [6.07, 6.45) is 3.05. The van der Waals surface area contributed by atoms with E-state index in [1.165, 1.54) is 10.4 Å². The van der Waals surface area contributed by atoms with Crippen LogP contribution < -0.4 is 20.1 Å². The van der Waals surface area contributed by atoms with Crippen molar-refractivity contribution in [2.24, 2.45) is 4.99 Å². The molecule has 1 aliphatic heterocycles. The van der Waals surface area contributed by atoms with Crippen LogP contribution in [-0.4, -0.2) is 30.7 Å². The molecule has 2 heterocycles. The number of halogens is 1. The van der Waals surface area contributed by atoms with Gasteiger partial charge in [0.15, 0.2) is 5.96 Å². The molecule has 27 heavy (non-hydrogen) atoms. The summed E-state index contributed by atoms with van der Waals surface area (Å²) in [7, 11) is 1.77. The number of benzene rings is 1. The molecule has 2 N–H and O–H groups in total. The van der Waals surface area contributed by atoms with E-state index in [2.05, 4.69) is 39.7 Å². The molecule has 0 saturated carbocycles. The van der Waals surface area contributed by atoms with E-state index in [0.29, 0.717) is 19.7 Å². The van der Waals surface area contributed by atoms with Crippen molar-refractivity contribution in [3.05, 3.63) is 39.3 Å². The van der Waals surface area contributed by atoms with E-state index >= 15 is 0 Å². The number of aromatic nitrogens is 1. The highest BCUT2D eigenvalue weighted by Gasteiger charge is 2.21. The summed E-state index contributed by atoms with van der Waals surface area (Å²) >= 11 is 1.68. The number of nitrogens with one attached hydrogen (secondary N) is 2. The number of hydrogen-bond donors (Lipinski definition) is 2. The van der Waals surface area contributed by atoms with Crippen LogP contribution in [-0.2, 0) is 19.5 Å². The Morgan fingerprint density at radius 1 is 1.37 bits per heavy atom. The van der Waals surface area contributed by atoms with E-state index in [1.807, 2.05) is 20.0 Å². The van der Waals surface area contributed by atoms with E-state index in [-0.39, 0.29) is 30.1 Å². The number of guanidine groups is 1. The minimum absolute atomic E-state index is 0. The number of thiazole rings is 1. The van der Waals surface area contributed by atoms with Crippen molar-refractivity contribution in [3.63, 3.8) is 0 Å². The molecular weight excluding hydrogens is 475 g/mol. The van der Waals surface area contributed by atoms with Gasteiger partial charge in [-0.2, -0.15) is 0 Å².